The summed E-state index contributed by atoms with van der Waals surface area (Å²) in [5, 5.41) is 3.13. The fraction of sp³-hybridized carbons (Fsp3) is 0.300. The molecule has 3 heteroatoms. The topological polar surface area (TPSA) is 46.2 Å². The van der Waals surface area contributed by atoms with Crippen molar-refractivity contribution in [1.82, 2.24) is 0 Å². The highest BCUT2D eigenvalue weighted by Crippen LogP contribution is 2.39. The number of hydrogen-bond donors (Lipinski definition) is 1. The number of carbonyl (C=O) groups excluding carboxylic acids is 2. The molecule has 0 heterocycles. The van der Waals surface area contributed by atoms with Crippen molar-refractivity contribution in [1.29, 1.82) is 0 Å². The van der Waals surface area contributed by atoms with Crippen LogP contribution in [0.15, 0.2) is 12.1 Å². The van der Waals surface area contributed by atoms with Crippen LogP contribution in [0.5, 0.6) is 0 Å². The van der Waals surface area contributed by atoms with Gasteiger partial charge in [-0.15, -0.1) is 0 Å². The highest BCUT2D eigenvalue weighted by Gasteiger charge is 2.36. The Bertz CT molecular complexity index is 891. The molecule has 23 heavy (non-hydrogen) atoms. The summed E-state index contributed by atoms with van der Waals surface area (Å²) in [6.45, 7) is 9.71. The van der Waals surface area contributed by atoms with Crippen molar-refractivity contribution in [3.63, 3.8) is 0 Å². The van der Waals surface area contributed by atoms with Crippen molar-refractivity contribution in [3.05, 3.63) is 62.2 Å². The molecule has 0 atom stereocenters. The van der Waals surface area contributed by atoms with Crippen LogP contribution in [-0.2, 0) is 0 Å². The molecule has 1 N–H and O–H groups in total. The number of rotatable bonds is 1. The largest absolute Gasteiger partial charge is 0.387 e. The highest BCUT2D eigenvalue weighted by atomic mass is 16.1. The van der Waals surface area contributed by atoms with Gasteiger partial charge < -0.3 is 5.32 Å². The summed E-state index contributed by atoms with van der Waals surface area (Å²) >= 11 is 0. The lowest BCUT2D eigenvalue weighted by Gasteiger charge is -2.27. The van der Waals surface area contributed by atoms with E-state index in [2.05, 4.69) is 5.32 Å². The number of carbonyl (C=O) groups is 2. The predicted molar refractivity (Wildman–Crippen MR) is 93.0 cm³/mol. The van der Waals surface area contributed by atoms with E-state index < -0.39 is 0 Å². The molecule has 3 nitrogen and oxygen atoms in total. The second-order valence-corrected chi connectivity index (χ2v) is 6.36. The number of benzene rings is 2. The summed E-state index contributed by atoms with van der Waals surface area (Å²) in [6.07, 6.45) is 0. The van der Waals surface area contributed by atoms with Crippen molar-refractivity contribution in [3.8, 4) is 0 Å². The molecule has 0 saturated carbocycles. The van der Waals surface area contributed by atoms with Gasteiger partial charge in [0.1, 0.15) is 0 Å². The van der Waals surface area contributed by atoms with E-state index in [-0.39, 0.29) is 11.6 Å². The number of anilines is 1. The van der Waals surface area contributed by atoms with Crippen molar-refractivity contribution in [2.24, 2.45) is 0 Å². The Kier molecular flexibility index (Phi) is 3.40. The maximum atomic E-state index is 13.2. The van der Waals surface area contributed by atoms with Gasteiger partial charge in [-0.05, 0) is 62.4 Å². The zero-order valence-corrected chi connectivity index (χ0v) is 14.5. The van der Waals surface area contributed by atoms with E-state index in [1.54, 1.807) is 7.05 Å². The quantitative estimate of drug-likeness (QED) is 0.738. The SMILES string of the molecule is CNc1c(C)c(C)c(C)c2c1C(=O)c1c(C)ccc(C)c1C2=O. The van der Waals surface area contributed by atoms with Crippen LogP contribution in [0.3, 0.4) is 0 Å². The molecule has 1 aliphatic carbocycles. The summed E-state index contributed by atoms with van der Waals surface area (Å²) in [5.41, 5.74) is 7.68. The first-order valence-corrected chi connectivity index (χ1v) is 7.82. The van der Waals surface area contributed by atoms with Gasteiger partial charge in [0.15, 0.2) is 11.6 Å². The van der Waals surface area contributed by atoms with E-state index in [4.69, 9.17) is 0 Å². The third-order valence-electron chi connectivity index (χ3n) is 5.16. The zero-order valence-electron chi connectivity index (χ0n) is 14.5. The molecule has 0 aromatic heterocycles. The molecule has 1 aliphatic rings. The van der Waals surface area contributed by atoms with Gasteiger partial charge in [0, 0.05) is 29.4 Å². The Morgan fingerprint density at radius 2 is 1.13 bits per heavy atom. The zero-order chi connectivity index (χ0) is 17.0. The molecule has 0 radical (unpaired) electrons. The number of fused-ring (bicyclic) bond motifs is 2. The molecule has 0 unspecified atom stereocenters. The first-order valence-electron chi connectivity index (χ1n) is 7.82. The minimum absolute atomic E-state index is 0.0344. The van der Waals surface area contributed by atoms with Crippen LogP contribution in [-0.4, -0.2) is 18.6 Å². The van der Waals surface area contributed by atoms with Gasteiger partial charge >= 0.3 is 0 Å². The lowest BCUT2D eigenvalue weighted by atomic mass is 9.76. The van der Waals surface area contributed by atoms with Gasteiger partial charge in [-0.3, -0.25) is 9.59 Å². The Morgan fingerprint density at radius 1 is 0.652 bits per heavy atom. The first-order chi connectivity index (χ1) is 10.8. The molecule has 3 rings (SSSR count). The molecule has 0 saturated heterocycles. The van der Waals surface area contributed by atoms with Crippen molar-refractivity contribution >= 4 is 17.3 Å². The summed E-state index contributed by atoms with van der Waals surface area (Å²) in [6, 6.07) is 3.83. The molecule has 0 bridgehead atoms. The Labute approximate surface area is 136 Å². The van der Waals surface area contributed by atoms with Crippen LogP contribution >= 0.6 is 0 Å². The monoisotopic (exact) mass is 307 g/mol. The van der Waals surface area contributed by atoms with E-state index in [1.807, 2.05) is 46.8 Å². The normalized spacial score (nSPS) is 13.0. The number of nitrogens with one attached hydrogen (secondary N) is 1. The van der Waals surface area contributed by atoms with E-state index in [1.165, 1.54) is 0 Å². The van der Waals surface area contributed by atoms with E-state index in [0.717, 1.165) is 33.5 Å². The Hall–Kier alpha value is -2.42. The molecule has 118 valence electrons. The molecule has 0 spiro atoms. The lowest BCUT2D eigenvalue weighted by Crippen LogP contribution is -2.26. The second-order valence-electron chi connectivity index (χ2n) is 6.36. The van der Waals surface area contributed by atoms with Crippen LogP contribution in [0.4, 0.5) is 5.69 Å². The Morgan fingerprint density at radius 3 is 1.61 bits per heavy atom. The van der Waals surface area contributed by atoms with E-state index >= 15 is 0 Å². The number of ketones is 2. The minimum Gasteiger partial charge on any atom is -0.387 e. The first kappa shape index (κ1) is 15.5. The molecular weight excluding hydrogens is 286 g/mol. The molecular formula is C20H21NO2. The summed E-state index contributed by atoms with van der Waals surface area (Å²) < 4.78 is 0. The second kappa shape index (κ2) is 5.05. The number of hydrogen-bond acceptors (Lipinski definition) is 3. The van der Waals surface area contributed by atoms with Crippen LogP contribution in [0.2, 0.25) is 0 Å². The average molecular weight is 307 g/mol. The van der Waals surface area contributed by atoms with Gasteiger partial charge in [0.25, 0.3) is 0 Å². The summed E-state index contributed by atoms with van der Waals surface area (Å²) in [5.74, 6) is -0.0840. The van der Waals surface area contributed by atoms with Gasteiger partial charge in [0.2, 0.25) is 0 Å². The molecule has 0 amide bonds. The van der Waals surface area contributed by atoms with Crippen LogP contribution in [0.25, 0.3) is 0 Å². The fourth-order valence-corrected chi connectivity index (χ4v) is 3.63. The van der Waals surface area contributed by atoms with Crippen LogP contribution in [0.1, 0.15) is 59.7 Å². The fourth-order valence-electron chi connectivity index (χ4n) is 3.63. The molecule has 0 aliphatic heterocycles. The van der Waals surface area contributed by atoms with Crippen molar-refractivity contribution < 1.29 is 9.59 Å². The van der Waals surface area contributed by atoms with Gasteiger partial charge in [-0.1, -0.05) is 12.1 Å². The predicted octanol–water partition coefficient (Wildman–Crippen LogP) is 4.05. The third-order valence-corrected chi connectivity index (χ3v) is 5.16. The minimum atomic E-state index is -0.0497. The molecule has 2 aromatic rings. The maximum absolute atomic E-state index is 13.2. The third kappa shape index (κ3) is 1.89. The smallest absolute Gasteiger partial charge is 0.196 e. The van der Waals surface area contributed by atoms with Gasteiger partial charge in [-0.25, -0.2) is 0 Å². The van der Waals surface area contributed by atoms with Crippen molar-refractivity contribution in [2.45, 2.75) is 34.6 Å². The maximum Gasteiger partial charge on any atom is 0.196 e. The summed E-state index contributed by atoms with van der Waals surface area (Å²) in [4.78, 5) is 26.4. The standard InChI is InChI=1S/C20H21NO2/c1-9-7-8-10(2)15-14(9)19(22)16-12(4)11(3)13(5)18(21-6)17(16)20(15)23/h7-8,21H,1-6H3. The molecule has 0 fully saturated rings. The van der Waals surface area contributed by atoms with Crippen LogP contribution < -0.4 is 5.32 Å². The van der Waals surface area contributed by atoms with Crippen LogP contribution in [0, 0.1) is 34.6 Å². The number of aryl methyl sites for hydroxylation is 2. The highest BCUT2D eigenvalue weighted by molar-refractivity contribution is 6.31. The van der Waals surface area contributed by atoms with E-state index in [9.17, 15) is 9.59 Å². The lowest BCUT2D eigenvalue weighted by molar-refractivity contribution is 0.0978. The van der Waals surface area contributed by atoms with Gasteiger partial charge in [0.05, 0.1) is 5.56 Å². The van der Waals surface area contributed by atoms with Gasteiger partial charge in [-0.2, -0.15) is 0 Å². The average Bonchev–Trinajstić information content (AvgIpc) is 2.52. The Balaban J connectivity index is 2.50. The van der Waals surface area contributed by atoms with E-state index in [0.29, 0.717) is 22.3 Å². The van der Waals surface area contributed by atoms with Crippen molar-refractivity contribution in [2.75, 3.05) is 12.4 Å². The molecule has 2 aromatic carbocycles. The summed E-state index contributed by atoms with van der Waals surface area (Å²) in [7, 11) is 1.80.